The van der Waals surface area contributed by atoms with E-state index in [9.17, 15) is 9.59 Å². The van der Waals surface area contributed by atoms with Crippen LogP contribution in [0, 0.1) is 0 Å². The standard InChI is InChI=1S/C32H26N4O4S2/c1-4-16-40-31(38)27-20(2)33-32-36(29(27)21-12-14-24(39-3)15-13-21)30(37)26(42-32)18-22-19-35(23-9-6-5-7-10-23)34-28(22)25-11-8-17-41-25/h4-15,17-19,29H,1,16H2,2-3H3/b26-18+. The van der Waals surface area contributed by atoms with E-state index in [0.717, 1.165) is 27.4 Å². The van der Waals surface area contributed by atoms with Crippen LogP contribution in [-0.4, -0.2) is 34.0 Å². The maximum absolute atomic E-state index is 14.1. The molecule has 210 valence electrons. The maximum atomic E-state index is 14.1. The molecule has 2 aromatic carbocycles. The lowest BCUT2D eigenvalue weighted by Gasteiger charge is -2.24. The molecular weight excluding hydrogens is 569 g/mol. The largest absolute Gasteiger partial charge is 0.497 e. The fourth-order valence-electron chi connectivity index (χ4n) is 4.85. The number of methoxy groups -OCH3 is 1. The summed E-state index contributed by atoms with van der Waals surface area (Å²) in [6.07, 6.45) is 5.28. The summed E-state index contributed by atoms with van der Waals surface area (Å²) in [5.74, 6) is 0.120. The van der Waals surface area contributed by atoms with Crippen molar-refractivity contribution in [1.29, 1.82) is 0 Å². The summed E-state index contributed by atoms with van der Waals surface area (Å²) in [6, 6.07) is 20.4. The smallest absolute Gasteiger partial charge is 0.338 e. The number of thiazole rings is 1. The van der Waals surface area contributed by atoms with Gasteiger partial charge in [0.05, 0.1) is 39.5 Å². The van der Waals surface area contributed by atoms with Gasteiger partial charge in [0.2, 0.25) is 0 Å². The molecule has 0 aliphatic carbocycles. The number of hydrogen-bond acceptors (Lipinski definition) is 8. The average Bonchev–Trinajstić information content (AvgIpc) is 3.76. The monoisotopic (exact) mass is 594 g/mol. The molecule has 0 bridgehead atoms. The van der Waals surface area contributed by atoms with Crippen molar-refractivity contribution in [2.24, 2.45) is 4.99 Å². The highest BCUT2D eigenvalue weighted by Crippen LogP contribution is 2.32. The third kappa shape index (κ3) is 5.06. The van der Waals surface area contributed by atoms with Gasteiger partial charge in [-0.15, -0.1) is 11.3 Å². The molecule has 42 heavy (non-hydrogen) atoms. The van der Waals surface area contributed by atoms with Crippen molar-refractivity contribution >= 4 is 34.7 Å². The molecule has 0 saturated carbocycles. The van der Waals surface area contributed by atoms with Crippen molar-refractivity contribution in [3.63, 3.8) is 0 Å². The van der Waals surface area contributed by atoms with Crippen LogP contribution in [0.25, 0.3) is 22.3 Å². The number of carbonyl (C=O) groups is 1. The number of allylic oxidation sites excluding steroid dienone is 1. The molecule has 0 fully saturated rings. The van der Waals surface area contributed by atoms with Crippen LogP contribution in [0.4, 0.5) is 0 Å². The molecule has 6 rings (SSSR count). The lowest BCUT2D eigenvalue weighted by Crippen LogP contribution is -2.39. The van der Waals surface area contributed by atoms with E-state index in [1.165, 1.54) is 17.4 Å². The van der Waals surface area contributed by atoms with Crippen LogP contribution >= 0.6 is 22.7 Å². The molecule has 1 aliphatic heterocycles. The molecule has 1 aliphatic rings. The SMILES string of the molecule is C=CCOC(=O)C1=C(C)N=c2s/c(=C/c3cn(-c4ccccc4)nc3-c3cccs3)c(=O)n2C1c1ccc(OC)cc1. The highest BCUT2D eigenvalue weighted by Gasteiger charge is 2.33. The number of hydrogen-bond donors (Lipinski definition) is 0. The van der Waals surface area contributed by atoms with Crippen LogP contribution in [0.2, 0.25) is 0 Å². The van der Waals surface area contributed by atoms with Gasteiger partial charge < -0.3 is 9.47 Å². The van der Waals surface area contributed by atoms with E-state index in [2.05, 4.69) is 11.6 Å². The Kier molecular flexibility index (Phi) is 7.56. The Bertz CT molecular complexity index is 1980. The first kappa shape index (κ1) is 27.4. The van der Waals surface area contributed by atoms with Gasteiger partial charge in [0.15, 0.2) is 4.80 Å². The number of ether oxygens (including phenoxy) is 2. The minimum atomic E-state index is -0.726. The van der Waals surface area contributed by atoms with E-state index in [1.807, 2.05) is 76.9 Å². The van der Waals surface area contributed by atoms with Crippen molar-refractivity contribution in [2.45, 2.75) is 13.0 Å². The molecule has 0 amide bonds. The molecule has 0 saturated heterocycles. The third-order valence-corrected chi connectivity index (χ3v) is 8.67. The van der Waals surface area contributed by atoms with Crippen molar-refractivity contribution in [2.75, 3.05) is 13.7 Å². The Labute approximate surface area is 249 Å². The maximum Gasteiger partial charge on any atom is 0.338 e. The number of carbonyl (C=O) groups excluding carboxylic acids is 1. The Morgan fingerprint density at radius 1 is 1.10 bits per heavy atom. The van der Waals surface area contributed by atoms with Crippen LogP contribution in [0.15, 0.2) is 112 Å². The average molecular weight is 595 g/mol. The van der Waals surface area contributed by atoms with Crippen molar-refractivity contribution in [1.82, 2.24) is 14.3 Å². The Morgan fingerprint density at radius 3 is 2.57 bits per heavy atom. The fraction of sp³-hybridized carbons (Fsp3) is 0.125. The first-order chi connectivity index (χ1) is 20.5. The van der Waals surface area contributed by atoms with E-state index in [-0.39, 0.29) is 12.2 Å². The molecule has 10 heteroatoms. The lowest BCUT2D eigenvalue weighted by atomic mass is 9.96. The predicted octanol–water partition coefficient (Wildman–Crippen LogP) is 4.89. The van der Waals surface area contributed by atoms with Gasteiger partial charge in [-0.1, -0.05) is 60.4 Å². The number of thiophene rings is 1. The number of rotatable bonds is 8. The topological polar surface area (TPSA) is 87.7 Å². The summed E-state index contributed by atoms with van der Waals surface area (Å²) in [5.41, 5.74) is 3.76. The van der Waals surface area contributed by atoms with Crippen molar-refractivity contribution < 1.29 is 14.3 Å². The van der Waals surface area contributed by atoms with E-state index in [0.29, 0.717) is 26.4 Å². The minimum Gasteiger partial charge on any atom is -0.497 e. The van der Waals surface area contributed by atoms with E-state index < -0.39 is 12.0 Å². The molecule has 0 spiro atoms. The summed E-state index contributed by atoms with van der Waals surface area (Å²) in [7, 11) is 1.59. The van der Waals surface area contributed by atoms with Gasteiger partial charge in [-0.25, -0.2) is 14.5 Å². The first-order valence-corrected chi connectivity index (χ1v) is 14.8. The molecule has 0 N–H and O–H groups in total. The van der Waals surface area contributed by atoms with Gasteiger partial charge in [-0.05, 0) is 54.3 Å². The lowest BCUT2D eigenvalue weighted by molar-refractivity contribution is -0.138. The molecule has 0 radical (unpaired) electrons. The molecule has 5 aromatic rings. The van der Waals surface area contributed by atoms with Crippen LogP contribution in [-0.2, 0) is 9.53 Å². The molecule has 8 nitrogen and oxygen atoms in total. The highest BCUT2D eigenvalue weighted by molar-refractivity contribution is 7.13. The van der Waals surface area contributed by atoms with E-state index >= 15 is 0 Å². The van der Waals surface area contributed by atoms with Gasteiger partial charge in [-0.2, -0.15) is 5.10 Å². The summed E-state index contributed by atoms with van der Waals surface area (Å²) >= 11 is 2.86. The summed E-state index contributed by atoms with van der Waals surface area (Å²) in [6.45, 7) is 5.45. The van der Waals surface area contributed by atoms with E-state index in [4.69, 9.17) is 14.6 Å². The minimum absolute atomic E-state index is 0.0479. The predicted molar refractivity (Wildman–Crippen MR) is 165 cm³/mol. The zero-order chi connectivity index (χ0) is 29.2. The molecule has 1 unspecified atom stereocenters. The molecule has 4 heterocycles. The number of fused-ring (bicyclic) bond motifs is 1. The van der Waals surface area contributed by atoms with Crippen LogP contribution in [0.5, 0.6) is 5.75 Å². The van der Waals surface area contributed by atoms with Crippen molar-refractivity contribution in [3.05, 3.63) is 133 Å². The van der Waals surface area contributed by atoms with Gasteiger partial charge in [0, 0.05) is 11.8 Å². The Balaban J connectivity index is 1.53. The van der Waals surface area contributed by atoms with Crippen LogP contribution in [0.3, 0.4) is 0 Å². The molecule has 1 atom stereocenters. The van der Waals surface area contributed by atoms with Crippen LogP contribution in [0.1, 0.15) is 24.1 Å². The normalized spacial score (nSPS) is 14.8. The summed E-state index contributed by atoms with van der Waals surface area (Å²) < 4.78 is 14.6. The van der Waals surface area contributed by atoms with Crippen LogP contribution < -0.4 is 19.6 Å². The Morgan fingerprint density at radius 2 is 1.88 bits per heavy atom. The second-order valence-electron chi connectivity index (χ2n) is 9.43. The number of benzene rings is 2. The molecule has 3 aromatic heterocycles. The second kappa shape index (κ2) is 11.6. The summed E-state index contributed by atoms with van der Waals surface area (Å²) in [5, 5.41) is 6.86. The van der Waals surface area contributed by atoms with Crippen molar-refractivity contribution in [3.8, 4) is 22.0 Å². The zero-order valence-electron chi connectivity index (χ0n) is 22.9. The van der Waals surface area contributed by atoms with Gasteiger partial charge in [0.1, 0.15) is 18.1 Å². The number of aromatic nitrogens is 3. The van der Waals surface area contributed by atoms with E-state index in [1.54, 1.807) is 42.1 Å². The highest BCUT2D eigenvalue weighted by atomic mass is 32.1. The molecular formula is C32H26N4O4S2. The third-order valence-electron chi connectivity index (χ3n) is 6.81. The number of esters is 1. The quantitative estimate of drug-likeness (QED) is 0.189. The van der Waals surface area contributed by atoms with Gasteiger partial charge >= 0.3 is 5.97 Å². The first-order valence-electron chi connectivity index (χ1n) is 13.1. The zero-order valence-corrected chi connectivity index (χ0v) is 24.5. The van der Waals surface area contributed by atoms with Gasteiger partial charge in [-0.3, -0.25) is 9.36 Å². The fourth-order valence-corrected chi connectivity index (χ4v) is 6.62. The van der Waals surface area contributed by atoms with Gasteiger partial charge in [0.25, 0.3) is 5.56 Å². The number of para-hydroxylation sites is 1. The Hall–Kier alpha value is -4.80. The second-order valence-corrected chi connectivity index (χ2v) is 11.4. The number of nitrogens with zero attached hydrogens (tertiary/aromatic N) is 4. The summed E-state index contributed by atoms with van der Waals surface area (Å²) in [4.78, 5) is 33.6.